The summed E-state index contributed by atoms with van der Waals surface area (Å²) >= 11 is 14.1. The molecule has 4 aromatic rings. The summed E-state index contributed by atoms with van der Waals surface area (Å²) in [4.78, 5) is 32.8. The first-order valence-electron chi connectivity index (χ1n) is 15.8. The molecule has 2 aromatic heterocycles. The lowest BCUT2D eigenvalue weighted by atomic mass is 9.98. The molecule has 0 saturated carbocycles. The van der Waals surface area contributed by atoms with Crippen molar-refractivity contribution in [3.63, 3.8) is 0 Å². The fourth-order valence-corrected chi connectivity index (χ4v) is 6.94. The van der Waals surface area contributed by atoms with Crippen LogP contribution in [0.25, 0.3) is 33.6 Å². The Balaban J connectivity index is 1.23. The Labute approximate surface area is 284 Å². The van der Waals surface area contributed by atoms with Crippen LogP contribution in [0.1, 0.15) is 43.5 Å². The summed E-state index contributed by atoms with van der Waals surface area (Å²) in [5.41, 5.74) is 5.64. The zero-order chi connectivity index (χ0) is 32.9. The fourth-order valence-electron chi connectivity index (χ4n) is 6.29. The molecule has 2 aliphatic rings. The largest absolute Gasteiger partial charge is 0.480 e. The highest BCUT2D eigenvalue weighted by molar-refractivity contribution is 6.39. The molecule has 0 unspecified atom stereocenters. The Kier molecular flexibility index (Phi) is 10.5. The van der Waals surface area contributed by atoms with Gasteiger partial charge in [0.2, 0.25) is 17.7 Å². The molecule has 0 spiro atoms. The van der Waals surface area contributed by atoms with Gasteiger partial charge >= 0.3 is 0 Å². The van der Waals surface area contributed by atoms with Crippen LogP contribution in [0.5, 0.6) is 11.8 Å². The van der Waals surface area contributed by atoms with E-state index in [1.54, 1.807) is 33.7 Å². The highest BCUT2D eigenvalue weighted by Crippen LogP contribution is 2.42. The molecular weight excluding hydrogens is 639 g/mol. The second kappa shape index (κ2) is 14.9. The Morgan fingerprint density at radius 1 is 0.851 bits per heavy atom. The third-order valence-electron chi connectivity index (χ3n) is 8.84. The van der Waals surface area contributed by atoms with Gasteiger partial charge in [0.25, 0.3) is 0 Å². The van der Waals surface area contributed by atoms with E-state index >= 15 is 0 Å². The molecule has 0 aliphatic carbocycles. The van der Waals surface area contributed by atoms with Crippen molar-refractivity contribution in [2.45, 2.75) is 57.2 Å². The molecule has 2 fully saturated rings. The van der Waals surface area contributed by atoms with Gasteiger partial charge < -0.3 is 19.5 Å². The number of hydrogen-bond acceptors (Lipinski definition) is 9. The number of hydrogen-bond donors (Lipinski definition) is 1. The first-order valence-corrected chi connectivity index (χ1v) is 16.6. The van der Waals surface area contributed by atoms with Crippen molar-refractivity contribution < 1.29 is 19.0 Å². The summed E-state index contributed by atoms with van der Waals surface area (Å²) in [5, 5.41) is 4.00. The Morgan fingerprint density at radius 2 is 1.45 bits per heavy atom. The molecule has 246 valence electrons. The van der Waals surface area contributed by atoms with Gasteiger partial charge in [-0.3, -0.25) is 19.7 Å². The number of rotatable bonds is 12. The minimum atomic E-state index is 0.126. The van der Waals surface area contributed by atoms with Crippen LogP contribution >= 0.6 is 23.2 Å². The summed E-state index contributed by atoms with van der Waals surface area (Å²) in [6.07, 6.45) is 8.61. The topological polar surface area (TPSA) is 112 Å². The lowest BCUT2D eigenvalue weighted by Gasteiger charge is -2.17. The maximum Gasteiger partial charge on any atom is 0.237 e. The van der Waals surface area contributed by atoms with E-state index in [1.807, 2.05) is 36.4 Å². The van der Waals surface area contributed by atoms with Crippen LogP contribution in [0.4, 0.5) is 0 Å². The lowest BCUT2D eigenvalue weighted by Crippen LogP contribution is -2.25. The third kappa shape index (κ3) is 7.36. The lowest BCUT2D eigenvalue weighted by molar-refractivity contribution is -0.119. The van der Waals surface area contributed by atoms with Gasteiger partial charge in [0.15, 0.2) is 0 Å². The monoisotopic (exact) mass is 676 g/mol. The van der Waals surface area contributed by atoms with E-state index in [2.05, 4.69) is 15.2 Å². The maximum absolute atomic E-state index is 11.5. The van der Waals surface area contributed by atoms with Gasteiger partial charge in [-0.15, -0.1) is 0 Å². The number of amides is 1. The molecule has 0 bridgehead atoms. The smallest absolute Gasteiger partial charge is 0.237 e. The van der Waals surface area contributed by atoms with Crippen molar-refractivity contribution in [2.24, 2.45) is 0 Å². The Morgan fingerprint density at radius 3 is 2.00 bits per heavy atom. The zero-order valence-corrected chi connectivity index (χ0v) is 28.3. The Bertz CT molecular complexity index is 1760. The van der Waals surface area contributed by atoms with E-state index in [0.717, 1.165) is 61.3 Å². The SMILES string of the molecule is COc1nc(-c2cccc(-c3cccc(-c4cnc(CN5CC[C@H](OC)C5)c(OC)n4)c3Cl)c2Cl)cnc1CCC[C@@H]1CCC(=O)N1. The van der Waals surface area contributed by atoms with Gasteiger partial charge in [-0.05, 0) is 32.1 Å². The van der Waals surface area contributed by atoms with Crippen LogP contribution in [0.3, 0.4) is 0 Å². The number of nitrogens with zero attached hydrogens (tertiary/aromatic N) is 5. The average Bonchev–Trinajstić information content (AvgIpc) is 3.73. The first-order chi connectivity index (χ1) is 22.9. The van der Waals surface area contributed by atoms with Gasteiger partial charge in [-0.1, -0.05) is 59.6 Å². The molecule has 6 rings (SSSR count). The molecule has 2 aliphatic heterocycles. The van der Waals surface area contributed by atoms with Crippen LogP contribution in [0, 0.1) is 0 Å². The molecule has 2 saturated heterocycles. The summed E-state index contributed by atoms with van der Waals surface area (Å²) in [7, 11) is 4.94. The molecule has 1 amide bonds. The molecule has 0 radical (unpaired) electrons. The second-order valence-corrected chi connectivity index (χ2v) is 12.6. The third-order valence-corrected chi connectivity index (χ3v) is 9.65. The van der Waals surface area contributed by atoms with Crippen LogP contribution in [-0.4, -0.2) is 77.3 Å². The summed E-state index contributed by atoms with van der Waals surface area (Å²) in [6.45, 7) is 2.41. The van der Waals surface area contributed by atoms with Crippen molar-refractivity contribution in [1.29, 1.82) is 0 Å². The minimum Gasteiger partial charge on any atom is -0.480 e. The van der Waals surface area contributed by atoms with Crippen molar-refractivity contribution in [2.75, 3.05) is 34.4 Å². The van der Waals surface area contributed by atoms with Crippen LogP contribution in [-0.2, 0) is 22.5 Å². The quantitative estimate of drug-likeness (QED) is 0.182. The molecule has 2 aromatic carbocycles. The molecule has 47 heavy (non-hydrogen) atoms. The molecule has 10 nitrogen and oxygen atoms in total. The van der Waals surface area contributed by atoms with Crippen LogP contribution in [0.15, 0.2) is 48.8 Å². The van der Waals surface area contributed by atoms with E-state index in [-0.39, 0.29) is 18.1 Å². The maximum atomic E-state index is 11.5. The summed E-state index contributed by atoms with van der Waals surface area (Å²) in [5.74, 6) is 1.05. The van der Waals surface area contributed by atoms with E-state index in [4.69, 9.17) is 52.4 Å². The van der Waals surface area contributed by atoms with E-state index in [1.165, 1.54) is 0 Å². The number of aryl methyl sites for hydroxylation is 1. The van der Waals surface area contributed by atoms with E-state index < -0.39 is 0 Å². The van der Waals surface area contributed by atoms with Crippen molar-refractivity contribution >= 4 is 29.1 Å². The van der Waals surface area contributed by atoms with Gasteiger partial charge in [0.05, 0.1) is 54.2 Å². The number of halogens is 2. The number of ether oxygens (including phenoxy) is 3. The highest BCUT2D eigenvalue weighted by Gasteiger charge is 2.25. The van der Waals surface area contributed by atoms with Gasteiger partial charge in [0.1, 0.15) is 11.4 Å². The minimum absolute atomic E-state index is 0.126. The van der Waals surface area contributed by atoms with Gasteiger partial charge in [0, 0.05) is 61.5 Å². The molecule has 4 heterocycles. The number of nitrogens with one attached hydrogen (secondary N) is 1. The van der Waals surface area contributed by atoms with E-state index in [0.29, 0.717) is 63.7 Å². The van der Waals surface area contributed by atoms with Crippen LogP contribution < -0.4 is 14.8 Å². The Hall–Kier alpha value is -3.83. The van der Waals surface area contributed by atoms with Crippen molar-refractivity contribution in [3.05, 3.63) is 70.2 Å². The second-order valence-electron chi connectivity index (χ2n) is 11.8. The average molecular weight is 678 g/mol. The van der Waals surface area contributed by atoms with Crippen molar-refractivity contribution in [1.82, 2.24) is 30.2 Å². The summed E-state index contributed by atoms with van der Waals surface area (Å²) in [6, 6.07) is 11.7. The number of benzene rings is 2. The van der Waals surface area contributed by atoms with Crippen molar-refractivity contribution in [3.8, 4) is 45.4 Å². The number of carbonyl (C=O) groups is 1. The standard InChI is InChI=1S/C35H38Cl2N6O4/c1-45-22-15-16-43(19-22)20-30-35(47-3)42-29(18-39-30)26-11-6-9-24(33(26)37)23-8-5-10-25(32(23)36)28-17-38-27(34(41-28)46-2)12-4-7-21-13-14-31(44)40-21/h5-6,8-11,17-18,21-22H,4,7,12-16,19-20H2,1-3H3,(H,40,44)/t21-,22+/m1/s1. The zero-order valence-electron chi connectivity index (χ0n) is 26.8. The van der Waals surface area contributed by atoms with E-state index in [9.17, 15) is 4.79 Å². The predicted molar refractivity (Wildman–Crippen MR) is 182 cm³/mol. The first kappa shape index (κ1) is 33.1. The van der Waals surface area contributed by atoms with Gasteiger partial charge in [-0.25, -0.2) is 9.97 Å². The number of methoxy groups -OCH3 is 3. The van der Waals surface area contributed by atoms with Crippen LogP contribution in [0.2, 0.25) is 10.0 Å². The normalized spacial score (nSPS) is 18.0. The molecule has 2 atom stereocenters. The predicted octanol–water partition coefficient (Wildman–Crippen LogP) is 6.41. The highest BCUT2D eigenvalue weighted by atomic mass is 35.5. The molecule has 12 heteroatoms. The summed E-state index contributed by atoms with van der Waals surface area (Å²) < 4.78 is 16.8. The number of carbonyl (C=O) groups excluding carboxylic acids is 1. The van der Waals surface area contributed by atoms with Gasteiger partial charge in [-0.2, -0.15) is 0 Å². The molecular formula is C35H38Cl2N6O4. The number of likely N-dealkylation sites (tertiary alicyclic amines) is 1. The molecule has 1 N–H and O–H groups in total. The number of aromatic nitrogens is 4. The fraction of sp³-hybridized carbons (Fsp3) is 0.400.